The molecule has 6 heteroatoms. The molecular weight excluding hydrogens is 452 g/mol. The second-order valence-corrected chi connectivity index (χ2v) is 9.83. The lowest BCUT2D eigenvalue weighted by Gasteiger charge is -2.51. The number of hydrogen-bond acceptors (Lipinski definition) is 6. The highest BCUT2D eigenvalue weighted by atomic mass is 16.3. The van der Waals surface area contributed by atoms with Crippen LogP contribution in [0.25, 0.3) is 0 Å². The van der Waals surface area contributed by atoms with Gasteiger partial charge in [-0.25, -0.2) is 0 Å². The molecule has 0 fully saturated rings. The minimum absolute atomic E-state index is 0.0558. The van der Waals surface area contributed by atoms with Gasteiger partial charge in [0.05, 0.1) is 0 Å². The van der Waals surface area contributed by atoms with E-state index in [4.69, 9.17) is 0 Å². The lowest BCUT2D eigenvalue weighted by molar-refractivity contribution is 0.0776. The van der Waals surface area contributed by atoms with Crippen LogP contribution in [-0.4, -0.2) is 27.3 Å². The summed E-state index contributed by atoms with van der Waals surface area (Å²) in [5.41, 5.74) is 2.01. The maximum Gasteiger partial charge on any atom is 0.195 e. The largest absolute Gasteiger partial charge is 0.508 e. The Kier molecular flexibility index (Phi) is 4.03. The third-order valence-electron chi connectivity index (χ3n) is 7.91. The fourth-order valence-corrected chi connectivity index (χ4v) is 6.60. The predicted octanol–water partition coefficient (Wildman–Crippen LogP) is 4.99. The summed E-state index contributed by atoms with van der Waals surface area (Å²) in [4.78, 5) is 28.8. The van der Waals surface area contributed by atoms with Crippen LogP contribution in [0.15, 0.2) is 91.0 Å². The molecule has 36 heavy (non-hydrogen) atoms. The summed E-state index contributed by atoms with van der Waals surface area (Å²) < 4.78 is 0. The van der Waals surface area contributed by atoms with Crippen LogP contribution in [0.2, 0.25) is 0 Å². The number of phenols is 2. The van der Waals surface area contributed by atoms with Crippen LogP contribution in [0.3, 0.4) is 0 Å². The number of para-hydroxylation sites is 2. The summed E-state index contributed by atoms with van der Waals surface area (Å²) in [6, 6.07) is 26.5. The van der Waals surface area contributed by atoms with Gasteiger partial charge >= 0.3 is 0 Å². The van der Waals surface area contributed by atoms with Crippen molar-refractivity contribution >= 4 is 22.9 Å². The lowest BCUT2D eigenvalue weighted by Crippen LogP contribution is -2.63. The number of anilines is 2. The Morgan fingerprint density at radius 3 is 2.06 bits per heavy atom. The molecule has 0 amide bonds. The number of Topliss-reactive ketones (excluding diaryl/α,β-unsaturated/α-hetero) is 2. The smallest absolute Gasteiger partial charge is 0.195 e. The number of hydrogen-bond donors (Lipinski definition) is 4. The number of phenolic OH excluding ortho intramolecular Hbond substituents is 2. The fourth-order valence-electron chi connectivity index (χ4n) is 6.60. The standard InChI is InChI=1S/C30H22N2O4/c33-19-7-5-6-17(14-19)26-29(27(35)21-8-1-3-10-24(21)31-29)16-18-15-20(34)12-13-23(18)30(26)28(36)22-9-2-4-11-25(22)32-30/h1-15,26,31-34H,16H2/t26-,29+,30+/m0/s1. The van der Waals surface area contributed by atoms with Crippen LogP contribution in [-0.2, 0) is 12.0 Å². The van der Waals surface area contributed by atoms with E-state index in [1.54, 1.807) is 48.5 Å². The molecule has 176 valence electrons. The van der Waals surface area contributed by atoms with Gasteiger partial charge in [-0.1, -0.05) is 42.5 Å². The highest BCUT2D eigenvalue weighted by molar-refractivity contribution is 6.19. The van der Waals surface area contributed by atoms with E-state index in [0.29, 0.717) is 39.2 Å². The van der Waals surface area contributed by atoms with E-state index < -0.39 is 17.0 Å². The molecule has 0 saturated carbocycles. The molecular formula is C30H22N2O4. The first kappa shape index (κ1) is 20.8. The van der Waals surface area contributed by atoms with Gasteiger partial charge in [0, 0.05) is 34.8 Å². The van der Waals surface area contributed by atoms with Gasteiger partial charge < -0.3 is 20.8 Å². The fraction of sp³-hybridized carbons (Fsp3) is 0.133. The van der Waals surface area contributed by atoms with Crippen LogP contribution >= 0.6 is 0 Å². The molecule has 0 aromatic heterocycles. The Morgan fingerprint density at radius 2 is 1.36 bits per heavy atom. The van der Waals surface area contributed by atoms with E-state index in [1.807, 2.05) is 42.5 Å². The topological polar surface area (TPSA) is 98.7 Å². The lowest BCUT2D eigenvalue weighted by atomic mass is 9.56. The highest BCUT2D eigenvalue weighted by Crippen LogP contribution is 2.60. The van der Waals surface area contributed by atoms with E-state index in [2.05, 4.69) is 10.6 Å². The first-order valence-electron chi connectivity index (χ1n) is 11.9. The highest BCUT2D eigenvalue weighted by Gasteiger charge is 2.67. The van der Waals surface area contributed by atoms with E-state index in [1.165, 1.54) is 0 Å². The predicted molar refractivity (Wildman–Crippen MR) is 136 cm³/mol. The van der Waals surface area contributed by atoms with Gasteiger partial charge in [0.25, 0.3) is 0 Å². The minimum atomic E-state index is -1.34. The molecule has 2 heterocycles. The van der Waals surface area contributed by atoms with Crippen LogP contribution in [0.4, 0.5) is 11.4 Å². The average molecular weight is 475 g/mol. The molecule has 3 atom stereocenters. The van der Waals surface area contributed by atoms with Crippen molar-refractivity contribution in [1.82, 2.24) is 0 Å². The molecule has 0 bridgehead atoms. The van der Waals surface area contributed by atoms with Gasteiger partial charge in [-0.2, -0.15) is 0 Å². The Balaban J connectivity index is 1.59. The molecule has 1 aliphatic carbocycles. The van der Waals surface area contributed by atoms with Crippen molar-refractivity contribution in [2.45, 2.75) is 23.4 Å². The van der Waals surface area contributed by atoms with Crippen LogP contribution < -0.4 is 10.6 Å². The van der Waals surface area contributed by atoms with Crippen molar-refractivity contribution in [3.05, 3.63) is 119 Å². The Morgan fingerprint density at radius 1 is 0.694 bits per heavy atom. The Hall–Kier alpha value is -4.58. The third-order valence-corrected chi connectivity index (χ3v) is 7.91. The summed E-state index contributed by atoms with van der Waals surface area (Å²) in [5, 5.41) is 27.9. The van der Waals surface area contributed by atoms with Crippen LogP contribution in [0.1, 0.15) is 43.3 Å². The number of rotatable bonds is 1. The van der Waals surface area contributed by atoms with E-state index >= 15 is 0 Å². The first-order chi connectivity index (χ1) is 17.4. The number of aromatic hydroxyl groups is 2. The van der Waals surface area contributed by atoms with Crippen molar-refractivity contribution in [3.8, 4) is 11.5 Å². The molecule has 2 spiro atoms. The number of ketones is 2. The monoisotopic (exact) mass is 474 g/mol. The van der Waals surface area contributed by atoms with Crippen molar-refractivity contribution in [1.29, 1.82) is 0 Å². The molecule has 4 N–H and O–H groups in total. The van der Waals surface area contributed by atoms with Crippen molar-refractivity contribution in [3.63, 3.8) is 0 Å². The second-order valence-electron chi connectivity index (χ2n) is 9.83. The van der Waals surface area contributed by atoms with Crippen LogP contribution in [0.5, 0.6) is 11.5 Å². The average Bonchev–Trinajstić information content (AvgIpc) is 3.31. The quantitative estimate of drug-likeness (QED) is 0.310. The zero-order valence-corrected chi connectivity index (χ0v) is 19.2. The summed E-state index contributed by atoms with van der Waals surface area (Å²) in [5.74, 6) is -0.858. The molecule has 4 aromatic carbocycles. The van der Waals surface area contributed by atoms with Gasteiger partial charge in [0.2, 0.25) is 0 Å². The Labute approximate surface area is 207 Å². The van der Waals surface area contributed by atoms with E-state index in [9.17, 15) is 19.8 Å². The molecule has 4 aromatic rings. The molecule has 7 rings (SSSR count). The third kappa shape index (κ3) is 2.50. The number of benzene rings is 4. The maximum atomic E-state index is 14.5. The number of fused-ring (bicyclic) bond motifs is 4. The second kappa shape index (κ2) is 6.98. The van der Waals surface area contributed by atoms with Crippen LogP contribution in [0, 0.1) is 0 Å². The molecule has 0 unspecified atom stereocenters. The van der Waals surface area contributed by atoms with Gasteiger partial charge in [0.1, 0.15) is 22.6 Å². The van der Waals surface area contributed by atoms with Gasteiger partial charge in [-0.15, -0.1) is 0 Å². The van der Waals surface area contributed by atoms with Gasteiger partial charge in [0.15, 0.2) is 11.6 Å². The molecule has 0 radical (unpaired) electrons. The molecule has 0 saturated heterocycles. The number of carbonyl (C=O) groups is 2. The maximum absolute atomic E-state index is 14.5. The SMILES string of the molecule is O=C1c2ccccc2N[C@@]12Cc1cc(O)ccc1[C@@]1(Nc3ccccc3C1=O)[C@H]2c1cccc(O)c1. The van der Waals surface area contributed by atoms with Gasteiger partial charge in [-0.3, -0.25) is 9.59 Å². The first-order valence-corrected chi connectivity index (χ1v) is 11.9. The minimum Gasteiger partial charge on any atom is -0.508 e. The summed E-state index contributed by atoms with van der Waals surface area (Å²) in [6.45, 7) is 0. The van der Waals surface area contributed by atoms with Gasteiger partial charge in [-0.05, 0) is 65.2 Å². The van der Waals surface area contributed by atoms with E-state index in [-0.39, 0.29) is 29.5 Å². The Bertz CT molecular complexity index is 1610. The zero-order chi connectivity index (χ0) is 24.7. The summed E-state index contributed by atoms with van der Waals surface area (Å²) in [7, 11) is 0. The van der Waals surface area contributed by atoms with Crippen molar-refractivity contribution < 1.29 is 19.8 Å². The summed E-state index contributed by atoms with van der Waals surface area (Å²) in [6.07, 6.45) is 0.262. The molecule has 3 aliphatic rings. The van der Waals surface area contributed by atoms with Crippen molar-refractivity contribution in [2.24, 2.45) is 0 Å². The van der Waals surface area contributed by atoms with E-state index in [0.717, 1.165) is 0 Å². The molecule has 6 nitrogen and oxygen atoms in total. The zero-order valence-electron chi connectivity index (χ0n) is 19.2. The summed E-state index contributed by atoms with van der Waals surface area (Å²) >= 11 is 0. The number of carbonyl (C=O) groups excluding carboxylic acids is 2. The number of nitrogens with one attached hydrogen (secondary N) is 2. The van der Waals surface area contributed by atoms with Crippen molar-refractivity contribution in [2.75, 3.05) is 10.6 Å². The molecule has 2 aliphatic heterocycles. The normalized spacial score (nSPS) is 25.3.